The first-order valence-electron chi connectivity index (χ1n) is 6.20. The third-order valence-electron chi connectivity index (χ3n) is 2.95. The predicted octanol–water partition coefficient (Wildman–Crippen LogP) is -1.92. The van der Waals surface area contributed by atoms with E-state index < -0.39 is 42.2 Å². The Balaban J connectivity index is 0.000000224. The molecule has 0 saturated carbocycles. The van der Waals surface area contributed by atoms with Gasteiger partial charge in [-0.2, -0.15) is 0 Å². The summed E-state index contributed by atoms with van der Waals surface area (Å²) in [6.45, 7) is -0.526. The van der Waals surface area contributed by atoms with E-state index in [4.69, 9.17) is 30.6 Å². The molecule has 10 nitrogen and oxygen atoms in total. The van der Waals surface area contributed by atoms with Gasteiger partial charge in [-0.05, 0) is 6.07 Å². The molecule has 1 saturated heterocycles. The zero-order valence-electron chi connectivity index (χ0n) is 11.3. The first kappa shape index (κ1) is 18.2. The molecule has 0 aliphatic carbocycles. The standard InChI is InChI=1S/C6H5NO3.C6H12O6/c8-6-4-2-1-3-5(6)7(9)10;7-1-2-3(8)4(9)5(10)6(11)12-2/h1-4,8H;2-11H,1H2/t;2-,3+,4+,5-,6-/m.1/s1. The summed E-state index contributed by atoms with van der Waals surface area (Å²) < 4.78 is 4.58. The van der Waals surface area contributed by atoms with Gasteiger partial charge in [0.1, 0.15) is 24.4 Å². The highest BCUT2D eigenvalue weighted by molar-refractivity contribution is 5.44. The van der Waals surface area contributed by atoms with Gasteiger partial charge in [-0.3, -0.25) is 10.1 Å². The Bertz CT molecular complexity index is 492. The minimum absolute atomic E-state index is 0.262. The Morgan fingerprint density at radius 2 is 1.68 bits per heavy atom. The number of aliphatic hydroxyl groups is 5. The summed E-state index contributed by atoms with van der Waals surface area (Å²) in [5.74, 6) is -0.299. The van der Waals surface area contributed by atoms with Crippen LogP contribution >= 0.6 is 0 Å². The largest absolute Gasteiger partial charge is 0.502 e. The molecule has 1 fully saturated rings. The van der Waals surface area contributed by atoms with Gasteiger partial charge >= 0.3 is 5.69 Å². The van der Waals surface area contributed by atoms with E-state index in [9.17, 15) is 10.1 Å². The molecule has 1 aliphatic rings. The van der Waals surface area contributed by atoms with E-state index in [2.05, 4.69) is 4.74 Å². The van der Waals surface area contributed by atoms with E-state index in [1.165, 1.54) is 24.3 Å². The topological polar surface area (TPSA) is 174 Å². The molecule has 1 heterocycles. The fraction of sp³-hybridized carbons (Fsp3) is 0.500. The maximum Gasteiger partial charge on any atom is 0.310 e. The molecule has 6 N–H and O–H groups in total. The van der Waals surface area contributed by atoms with Crippen molar-refractivity contribution in [3.8, 4) is 5.75 Å². The SMILES string of the molecule is O=[N+]([O-])c1ccccc1O.OC[C@H]1O[C@@H](O)[C@H](O)[C@@H](O)[C@H]1O. The van der Waals surface area contributed by atoms with Gasteiger partial charge in [0.15, 0.2) is 12.0 Å². The number of nitrogens with zero attached hydrogens (tertiary/aromatic N) is 1. The number of aliphatic hydroxyl groups excluding tert-OH is 5. The van der Waals surface area contributed by atoms with Crippen LogP contribution < -0.4 is 0 Å². The summed E-state index contributed by atoms with van der Waals surface area (Å²) in [6.07, 6.45) is -7.04. The number of hydrogen-bond acceptors (Lipinski definition) is 9. The second-order valence-electron chi connectivity index (χ2n) is 4.47. The number of hydrogen-bond donors (Lipinski definition) is 6. The van der Waals surface area contributed by atoms with Gasteiger partial charge in [0.05, 0.1) is 11.5 Å². The summed E-state index contributed by atoms with van der Waals surface area (Å²) in [4.78, 5) is 9.44. The zero-order valence-corrected chi connectivity index (χ0v) is 11.3. The second kappa shape index (κ2) is 7.98. The normalized spacial score (nSPS) is 31.0. The van der Waals surface area contributed by atoms with Crippen LogP contribution in [0.3, 0.4) is 0 Å². The van der Waals surface area contributed by atoms with Crippen molar-refractivity contribution < 1.29 is 40.3 Å². The number of phenols is 1. The number of benzene rings is 1. The van der Waals surface area contributed by atoms with Crippen molar-refractivity contribution in [1.29, 1.82) is 0 Å². The van der Waals surface area contributed by atoms with E-state index >= 15 is 0 Å². The average molecular weight is 319 g/mol. The molecule has 0 spiro atoms. The lowest BCUT2D eigenvalue weighted by Gasteiger charge is -2.37. The molecule has 2 rings (SSSR count). The molecule has 0 amide bonds. The van der Waals surface area contributed by atoms with Gasteiger partial charge in [0.25, 0.3) is 0 Å². The van der Waals surface area contributed by atoms with Crippen LogP contribution in [0.2, 0.25) is 0 Å². The zero-order chi connectivity index (χ0) is 16.9. The quantitative estimate of drug-likeness (QED) is 0.268. The number of nitro groups is 1. The number of para-hydroxylation sites is 2. The molecule has 1 aromatic carbocycles. The maximum atomic E-state index is 10.1. The third-order valence-corrected chi connectivity index (χ3v) is 2.95. The van der Waals surface area contributed by atoms with Gasteiger partial charge in [-0.1, -0.05) is 12.1 Å². The van der Waals surface area contributed by atoms with Gasteiger partial charge in [0.2, 0.25) is 0 Å². The van der Waals surface area contributed by atoms with Crippen LogP contribution in [0.25, 0.3) is 0 Å². The van der Waals surface area contributed by atoms with E-state index in [0.717, 1.165) is 0 Å². The van der Waals surface area contributed by atoms with Gasteiger partial charge in [0, 0.05) is 6.07 Å². The molecular weight excluding hydrogens is 302 g/mol. The Kier molecular flexibility index (Phi) is 6.61. The third kappa shape index (κ3) is 4.34. The molecule has 1 aromatic rings. The van der Waals surface area contributed by atoms with E-state index in [0.29, 0.717) is 0 Å². The molecule has 0 radical (unpaired) electrons. The van der Waals surface area contributed by atoms with Crippen LogP contribution in [0.5, 0.6) is 5.75 Å². The van der Waals surface area contributed by atoms with E-state index in [-0.39, 0.29) is 11.4 Å². The summed E-state index contributed by atoms with van der Waals surface area (Å²) in [6, 6.07) is 5.55. The smallest absolute Gasteiger partial charge is 0.310 e. The van der Waals surface area contributed by atoms with E-state index in [1.54, 1.807) is 0 Å². The first-order valence-corrected chi connectivity index (χ1v) is 6.20. The van der Waals surface area contributed by atoms with Crippen molar-refractivity contribution in [1.82, 2.24) is 0 Å². The van der Waals surface area contributed by atoms with Crippen molar-refractivity contribution in [2.24, 2.45) is 0 Å². The van der Waals surface area contributed by atoms with Crippen LogP contribution in [-0.2, 0) is 4.74 Å². The molecule has 0 aromatic heterocycles. The fourth-order valence-electron chi connectivity index (χ4n) is 1.70. The minimum atomic E-state index is -1.57. The number of aromatic hydroxyl groups is 1. The Morgan fingerprint density at radius 1 is 1.09 bits per heavy atom. The molecular formula is C12H17NO9. The van der Waals surface area contributed by atoms with Crippen LogP contribution in [0.1, 0.15) is 0 Å². The molecule has 5 atom stereocenters. The number of nitro benzene ring substituents is 1. The molecule has 22 heavy (non-hydrogen) atoms. The highest BCUT2D eigenvalue weighted by Crippen LogP contribution is 2.23. The first-order chi connectivity index (χ1) is 10.3. The number of phenolic OH excluding ortho intramolecular Hbond substituents is 1. The van der Waals surface area contributed by atoms with Crippen LogP contribution in [0.4, 0.5) is 5.69 Å². The Morgan fingerprint density at radius 3 is 2.14 bits per heavy atom. The molecule has 10 heteroatoms. The lowest BCUT2D eigenvalue weighted by atomic mass is 10.00. The highest BCUT2D eigenvalue weighted by Gasteiger charge is 2.42. The monoisotopic (exact) mass is 319 g/mol. The number of ether oxygens (including phenoxy) is 1. The second-order valence-corrected chi connectivity index (χ2v) is 4.47. The van der Waals surface area contributed by atoms with Crippen molar-refractivity contribution in [2.75, 3.05) is 6.61 Å². The number of rotatable bonds is 2. The summed E-state index contributed by atoms with van der Waals surface area (Å²) in [5, 5.41) is 63.6. The Labute approximate surface area is 124 Å². The molecule has 1 aliphatic heterocycles. The Hall–Kier alpha value is -1.82. The molecule has 0 bridgehead atoms. The highest BCUT2D eigenvalue weighted by atomic mass is 16.6. The predicted molar refractivity (Wildman–Crippen MR) is 70.7 cm³/mol. The summed E-state index contributed by atoms with van der Waals surface area (Å²) in [5.41, 5.74) is -0.262. The van der Waals surface area contributed by atoms with Crippen LogP contribution in [0.15, 0.2) is 24.3 Å². The van der Waals surface area contributed by atoms with E-state index in [1.807, 2.05) is 0 Å². The fourth-order valence-corrected chi connectivity index (χ4v) is 1.70. The van der Waals surface area contributed by atoms with Crippen molar-refractivity contribution in [3.63, 3.8) is 0 Å². The molecule has 0 unspecified atom stereocenters. The molecule has 124 valence electrons. The van der Waals surface area contributed by atoms with Crippen molar-refractivity contribution in [3.05, 3.63) is 34.4 Å². The minimum Gasteiger partial charge on any atom is -0.502 e. The van der Waals surface area contributed by atoms with Crippen LogP contribution in [-0.4, -0.2) is 72.9 Å². The summed E-state index contributed by atoms with van der Waals surface area (Å²) >= 11 is 0. The lowest BCUT2D eigenvalue weighted by molar-refractivity contribution is -0.385. The van der Waals surface area contributed by atoms with Gasteiger partial charge in [-0.15, -0.1) is 0 Å². The van der Waals surface area contributed by atoms with Crippen molar-refractivity contribution >= 4 is 5.69 Å². The maximum absolute atomic E-state index is 10.1. The van der Waals surface area contributed by atoms with Gasteiger partial charge < -0.3 is 35.4 Å². The van der Waals surface area contributed by atoms with Crippen molar-refractivity contribution in [2.45, 2.75) is 30.7 Å². The average Bonchev–Trinajstić information content (AvgIpc) is 2.49. The van der Waals surface area contributed by atoms with Gasteiger partial charge in [-0.25, -0.2) is 0 Å². The lowest BCUT2D eigenvalue weighted by Crippen LogP contribution is -2.58. The summed E-state index contributed by atoms with van der Waals surface area (Å²) in [7, 11) is 0. The van der Waals surface area contributed by atoms with Crippen LogP contribution in [0, 0.1) is 10.1 Å².